The van der Waals surface area contributed by atoms with Gasteiger partial charge in [0.2, 0.25) is 0 Å². The molecule has 0 N–H and O–H groups in total. The van der Waals surface area contributed by atoms with Gasteiger partial charge in [0.05, 0.1) is 16.8 Å². The summed E-state index contributed by atoms with van der Waals surface area (Å²) in [5.41, 5.74) is -0.122. The van der Waals surface area contributed by atoms with E-state index < -0.39 is 0 Å². The highest BCUT2D eigenvalue weighted by Crippen LogP contribution is 2.70. The zero-order valence-corrected chi connectivity index (χ0v) is 13.6. The van der Waals surface area contributed by atoms with E-state index in [1.165, 1.54) is 48.8 Å². The second kappa shape index (κ2) is 4.02. The average molecular weight is 319 g/mol. The van der Waals surface area contributed by atoms with Gasteiger partial charge < -0.3 is 0 Å². The average Bonchev–Trinajstić information content (AvgIpc) is 3.23. The second-order valence-corrected chi connectivity index (χ2v) is 8.72. The zero-order chi connectivity index (χ0) is 15.1. The minimum Gasteiger partial charge on any atom is -0.246 e. The molecule has 3 aliphatic heterocycles. The number of hydrogen-bond donors (Lipinski definition) is 0. The van der Waals surface area contributed by atoms with Crippen molar-refractivity contribution in [1.29, 1.82) is 0 Å². The molecule has 3 atom stereocenters. The van der Waals surface area contributed by atoms with Crippen molar-refractivity contribution in [1.82, 2.24) is 13.9 Å². The fourth-order valence-electron chi connectivity index (χ4n) is 5.78. The molecule has 22 heavy (non-hydrogen) atoms. The van der Waals surface area contributed by atoms with Gasteiger partial charge in [-0.2, -0.15) is 11.8 Å². The van der Waals surface area contributed by atoms with Gasteiger partial charge in [0.25, 0.3) is 0 Å². The molecular formula is C16H21N3O2S. The Bertz CT molecular complexity index is 724. The molecule has 0 radical (unpaired) electrons. The second-order valence-electron chi connectivity index (χ2n) is 7.29. The van der Waals surface area contributed by atoms with Gasteiger partial charge in [0.1, 0.15) is 0 Å². The topological polar surface area (TPSA) is 48.9 Å². The first-order chi connectivity index (χ1) is 10.6. The molecule has 1 aromatic rings. The minimum absolute atomic E-state index is 0.0458. The third-order valence-electron chi connectivity index (χ3n) is 6.64. The molecule has 1 aromatic heterocycles. The van der Waals surface area contributed by atoms with Gasteiger partial charge in [0, 0.05) is 12.5 Å². The third-order valence-corrected chi connectivity index (χ3v) is 8.50. The first-order valence-electron chi connectivity index (χ1n) is 8.35. The van der Waals surface area contributed by atoms with E-state index in [9.17, 15) is 9.59 Å². The monoisotopic (exact) mass is 319 g/mol. The van der Waals surface area contributed by atoms with Crippen molar-refractivity contribution in [2.75, 3.05) is 5.75 Å². The van der Waals surface area contributed by atoms with Crippen molar-refractivity contribution in [3.05, 3.63) is 33.1 Å². The molecule has 0 aromatic carbocycles. The number of nitrogens with zero attached hydrogens (tertiary/aromatic N) is 3. The normalized spacial score (nSPS) is 37.5. The van der Waals surface area contributed by atoms with Crippen LogP contribution in [0.2, 0.25) is 0 Å². The molecule has 118 valence electrons. The summed E-state index contributed by atoms with van der Waals surface area (Å²) in [5, 5.41) is 0. The molecular weight excluding hydrogens is 298 g/mol. The van der Waals surface area contributed by atoms with Gasteiger partial charge in [-0.05, 0) is 31.4 Å². The number of thioether (sulfide) groups is 1. The highest BCUT2D eigenvalue weighted by Gasteiger charge is 2.67. The van der Waals surface area contributed by atoms with Gasteiger partial charge in [-0.25, -0.2) is 23.5 Å². The lowest BCUT2D eigenvalue weighted by Crippen LogP contribution is -2.62. The van der Waals surface area contributed by atoms with Crippen LogP contribution in [0.15, 0.2) is 21.7 Å². The zero-order valence-electron chi connectivity index (χ0n) is 12.8. The summed E-state index contributed by atoms with van der Waals surface area (Å²) < 4.78 is 4.96. The fourth-order valence-corrected chi connectivity index (χ4v) is 7.68. The molecule has 2 spiro atoms. The molecule has 2 aliphatic carbocycles. The van der Waals surface area contributed by atoms with E-state index in [0.717, 1.165) is 0 Å². The van der Waals surface area contributed by atoms with Gasteiger partial charge in [-0.3, -0.25) is 0 Å². The van der Waals surface area contributed by atoms with E-state index in [1.807, 2.05) is 0 Å². The van der Waals surface area contributed by atoms with Crippen LogP contribution in [0.25, 0.3) is 0 Å². The van der Waals surface area contributed by atoms with Crippen molar-refractivity contribution in [3.8, 4) is 0 Å². The van der Waals surface area contributed by atoms with E-state index in [4.69, 9.17) is 0 Å². The maximum Gasteiger partial charge on any atom is 0.347 e. The first-order valence-corrected chi connectivity index (χ1v) is 9.33. The summed E-state index contributed by atoms with van der Waals surface area (Å²) in [6.45, 7) is 0. The van der Waals surface area contributed by atoms with E-state index >= 15 is 0 Å². The Hall–Kier alpha value is -1.17. The van der Waals surface area contributed by atoms with E-state index in [0.29, 0.717) is 0 Å². The maximum atomic E-state index is 12.6. The van der Waals surface area contributed by atoms with Crippen LogP contribution in [-0.2, 0) is 7.05 Å². The first kappa shape index (κ1) is 13.3. The van der Waals surface area contributed by atoms with Crippen molar-refractivity contribution in [2.24, 2.45) is 12.5 Å². The Morgan fingerprint density at radius 1 is 1.00 bits per heavy atom. The van der Waals surface area contributed by atoms with Crippen LogP contribution in [-0.4, -0.2) is 24.4 Å². The minimum atomic E-state index is -0.149. The van der Waals surface area contributed by atoms with Crippen LogP contribution in [0.4, 0.5) is 0 Å². The Labute approximate surface area is 133 Å². The molecule has 5 nitrogen and oxygen atoms in total. The van der Waals surface area contributed by atoms with Gasteiger partial charge in [0.15, 0.2) is 0 Å². The van der Waals surface area contributed by atoms with Gasteiger partial charge in [-0.1, -0.05) is 25.0 Å². The number of rotatable bonds is 0. The van der Waals surface area contributed by atoms with Crippen LogP contribution in [0, 0.1) is 5.41 Å². The maximum absolute atomic E-state index is 12.6. The molecule has 2 fully saturated rings. The highest BCUT2D eigenvalue weighted by atomic mass is 32.2. The molecule has 1 saturated carbocycles. The largest absolute Gasteiger partial charge is 0.347 e. The summed E-state index contributed by atoms with van der Waals surface area (Å²) in [7, 11) is 1.61. The molecule has 4 heterocycles. The smallest absolute Gasteiger partial charge is 0.246 e. The summed E-state index contributed by atoms with van der Waals surface area (Å²) in [5.74, 6) is 1.19. The lowest BCUT2D eigenvalue weighted by Gasteiger charge is -2.59. The summed E-state index contributed by atoms with van der Waals surface area (Å²) in [4.78, 5) is 25.3. The predicted octanol–water partition coefficient (Wildman–Crippen LogP) is 1.84. The van der Waals surface area contributed by atoms with Gasteiger partial charge >= 0.3 is 11.4 Å². The SMILES string of the molecule is Cn1c(=O)n2n(c1=O)[C@H]1C=C[C@H]2C2(CCCC2)[C@]12CCCS2. The van der Waals surface area contributed by atoms with Crippen LogP contribution in [0.5, 0.6) is 0 Å². The van der Waals surface area contributed by atoms with Crippen molar-refractivity contribution < 1.29 is 0 Å². The van der Waals surface area contributed by atoms with Crippen molar-refractivity contribution in [2.45, 2.75) is 55.4 Å². The Balaban J connectivity index is 1.87. The van der Waals surface area contributed by atoms with Crippen LogP contribution in [0.1, 0.15) is 50.6 Å². The molecule has 5 aliphatic rings. The predicted molar refractivity (Wildman–Crippen MR) is 86.5 cm³/mol. The number of aromatic nitrogens is 3. The standard InChI is InChI=1S/C16H21N3O2S/c1-17-13(20)18-11-5-6-12(19(18)14(17)21)16(9-4-10-22-16)15(11)7-2-3-8-15/h5-6,11-12H,2-4,7-10H2,1H3/t11-,12-,16-/m0/s1. The van der Waals surface area contributed by atoms with Crippen LogP contribution in [0.3, 0.4) is 0 Å². The van der Waals surface area contributed by atoms with Crippen molar-refractivity contribution >= 4 is 11.8 Å². The molecule has 1 saturated heterocycles. The highest BCUT2D eigenvalue weighted by molar-refractivity contribution is 8.01. The lowest BCUT2D eigenvalue weighted by atomic mass is 9.59. The van der Waals surface area contributed by atoms with Gasteiger partial charge in [-0.15, -0.1) is 0 Å². The van der Waals surface area contributed by atoms with E-state index in [1.54, 1.807) is 16.4 Å². The van der Waals surface area contributed by atoms with Crippen LogP contribution >= 0.6 is 11.8 Å². The summed E-state index contributed by atoms with van der Waals surface area (Å²) >= 11 is 2.08. The molecule has 2 bridgehead atoms. The molecule has 6 heteroatoms. The number of allylic oxidation sites excluding steroid dienone is 2. The summed E-state index contributed by atoms with van der Waals surface area (Å²) in [6.07, 6.45) is 11.8. The third kappa shape index (κ3) is 1.19. The number of hydrogen-bond acceptors (Lipinski definition) is 3. The Morgan fingerprint density at radius 3 is 2.27 bits per heavy atom. The lowest BCUT2D eigenvalue weighted by molar-refractivity contribution is 0.0241. The van der Waals surface area contributed by atoms with E-state index in [2.05, 4.69) is 23.9 Å². The summed E-state index contributed by atoms with van der Waals surface area (Å²) in [6, 6.07) is 0.108. The van der Waals surface area contributed by atoms with Crippen molar-refractivity contribution in [3.63, 3.8) is 0 Å². The molecule has 0 unspecified atom stereocenters. The van der Waals surface area contributed by atoms with E-state index in [-0.39, 0.29) is 33.6 Å². The van der Waals surface area contributed by atoms with Crippen LogP contribution < -0.4 is 11.4 Å². The molecule has 6 rings (SSSR count). The Kier molecular flexibility index (Phi) is 2.43. The fraction of sp³-hybridized carbons (Fsp3) is 0.750. The molecule has 0 amide bonds. The Morgan fingerprint density at radius 2 is 1.64 bits per heavy atom. The quantitative estimate of drug-likeness (QED) is 0.686.